The van der Waals surface area contributed by atoms with E-state index in [-0.39, 0.29) is 12.3 Å². The van der Waals surface area contributed by atoms with Gasteiger partial charge in [0.2, 0.25) is 5.91 Å². The summed E-state index contributed by atoms with van der Waals surface area (Å²) >= 11 is 0. The van der Waals surface area contributed by atoms with Gasteiger partial charge < -0.3 is 14.8 Å². The van der Waals surface area contributed by atoms with Crippen LogP contribution in [0, 0.1) is 0 Å². The highest BCUT2D eigenvalue weighted by atomic mass is 32.2. The molecule has 0 spiro atoms. The number of carbonyl (C=O) groups excluding carboxylic acids is 1. The van der Waals surface area contributed by atoms with E-state index in [9.17, 15) is 13.2 Å². The molecule has 1 N–H and O–H groups in total. The van der Waals surface area contributed by atoms with E-state index in [0.29, 0.717) is 0 Å². The molecule has 0 aromatic heterocycles. The lowest BCUT2D eigenvalue weighted by Gasteiger charge is -2.13. The molecule has 0 aliphatic carbocycles. The number of methoxy groups -OCH3 is 2. The number of rotatable bonds is 8. The zero-order chi connectivity index (χ0) is 12.6. The third-order valence-corrected chi connectivity index (χ3v) is 3.16. The van der Waals surface area contributed by atoms with Crippen molar-refractivity contribution < 1.29 is 22.7 Å². The summed E-state index contributed by atoms with van der Waals surface area (Å²) in [5.41, 5.74) is 0. The lowest BCUT2D eigenvalue weighted by Crippen LogP contribution is -2.37. The quantitative estimate of drug-likeness (QED) is 0.457. The summed E-state index contributed by atoms with van der Waals surface area (Å²) in [6.07, 6.45) is 0.668. The van der Waals surface area contributed by atoms with Gasteiger partial charge in [0.25, 0.3) is 0 Å². The van der Waals surface area contributed by atoms with Crippen molar-refractivity contribution in [2.24, 2.45) is 0 Å². The molecule has 0 saturated carbocycles. The van der Waals surface area contributed by atoms with Crippen LogP contribution in [-0.2, 0) is 24.1 Å². The van der Waals surface area contributed by atoms with Gasteiger partial charge in [-0.1, -0.05) is 6.08 Å². The molecule has 0 atom stereocenters. The number of nitrogens with one attached hydrogen (secondary N) is 1. The van der Waals surface area contributed by atoms with Crippen LogP contribution in [0.15, 0.2) is 12.7 Å². The van der Waals surface area contributed by atoms with Gasteiger partial charge in [-0.2, -0.15) is 0 Å². The van der Waals surface area contributed by atoms with Crippen LogP contribution in [0.25, 0.3) is 0 Å². The molecule has 1 amide bonds. The fourth-order valence-electron chi connectivity index (χ4n) is 0.949. The van der Waals surface area contributed by atoms with Gasteiger partial charge in [0.1, 0.15) is 5.75 Å². The van der Waals surface area contributed by atoms with Crippen LogP contribution in [0.3, 0.4) is 0 Å². The molecule has 0 aliphatic rings. The lowest BCUT2D eigenvalue weighted by atomic mass is 10.5. The number of ether oxygens (including phenoxy) is 2. The van der Waals surface area contributed by atoms with Gasteiger partial charge >= 0.3 is 0 Å². The van der Waals surface area contributed by atoms with E-state index < -0.39 is 27.8 Å². The van der Waals surface area contributed by atoms with Crippen molar-refractivity contribution in [3.63, 3.8) is 0 Å². The van der Waals surface area contributed by atoms with E-state index in [1.165, 1.54) is 20.3 Å². The van der Waals surface area contributed by atoms with Crippen molar-refractivity contribution >= 4 is 15.7 Å². The molecule has 0 aromatic rings. The van der Waals surface area contributed by atoms with Crippen LogP contribution in [0.2, 0.25) is 0 Å². The molecular weight excluding hydrogens is 234 g/mol. The molecule has 0 rings (SSSR count). The van der Waals surface area contributed by atoms with Gasteiger partial charge in [-0.3, -0.25) is 4.79 Å². The number of hydrogen-bond acceptors (Lipinski definition) is 5. The molecule has 0 aliphatic heterocycles. The molecule has 0 heterocycles. The van der Waals surface area contributed by atoms with E-state index in [0.717, 1.165) is 0 Å². The fourth-order valence-corrected chi connectivity index (χ4v) is 1.93. The maximum Gasteiger partial charge on any atom is 0.235 e. The average Bonchev–Trinajstić information content (AvgIpc) is 2.18. The Bertz CT molecular complexity index is 321. The zero-order valence-corrected chi connectivity index (χ0v) is 10.2. The normalized spacial score (nSPS) is 11.4. The van der Waals surface area contributed by atoms with Crippen molar-refractivity contribution in [3.8, 4) is 0 Å². The zero-order valence-electron chi connectivity index (χ0n) is 9.43. The van der Waals surface area contributed by atoms with Crippen molar-refractivity contribution in [2.75, 3.05) is 32.3 Å². The number of hydrogen-bond donors (Lipinski definition) is 1. The summed E-state index contributed by atoms with van der Waals surface area (Å²) in [7, 11) is -0.553. The highest BCUT2D eigenvalue weighted by Gasteiger charge is 2.15. The molecule has 7 heteroatoms. The maximum absolute atomic E-state index is 11.2. The van der Waals surface area contributed by atoms with Gasteiger partial charge in [-0.15, -0.1) is 6.58 Å². The first-order valence-electron chi connectivity index (χ1n) is 4.58. The maximum atomic E-state index is 11.2. The summed E-state index contributed by atoms with van der Waals surface area (Å²) in [5, 5.41) is 2.40. The Labute approximate surface area is 95.5 Å². The molecule has 0 radical (unpaired) electrons. The molecule has 6 nitrogen and oxygen atoms in total. The Morgan fingerprint density at radius 2 is 2.00 bits per heavy atom. The van der Waals surface area contributed by atoms with Crippen molar-refractivity contribution in [2.45, 2.75) is 6.29 Å². The van der Waals surface area contributed by atoms with Crippen molar-refractivity contribution in [3.05, 3.63) is 12.7 Å². The SMILES string of the molecule is C=CCS(=O)(=O)CC(=O)NCC(OC)OC. The average molecular weight is 251 g/mol. The molecule has 16 heavy (non-hydrogen) atoms. The Balaban J connectivity index is 4.04. The summed E-state index contributed by atoms with van der Waals surface area (Å²) in [6.45, 7) is 3.41. The predicted molar refractivity (Wildman–Crippen MR) is 59.7 cm³/mol. The smallest absolute Gasteiger partial charge is 0.235 e. The van der Waals surface area contributed by atoms with Crippen LogP contribution < -0.4 is 5.32 Å². The summed E-state index contributed by atoms with van der Waals surface area (Å²) < 4.78 is 32.1. The van der Waals surface area contributed by atoms with E-state index in [1.807, 2.05) is 0 Å². The Hall–Kier alpha value is -0.920. The summed E-state index contributed by atoms with van der Waals surface area (Å²) in [5.74, 6) is -1.35. The van der Waals surface area contributed by atoms with Crippen LogP contribution in [-0.4, -0.2) is 52.9 Å². The topological polar surface area (TPSA) is 81.7 Å². The molecule has 94 valence electrons. The molecule has 0 saturated heterocycles. The second-order valence-electron chi connectivity index (χ2n) is 3.05. The molecule has 0 aromatic carbocycles. The van der Waals surface area contributed by atoms with E-state index in [1.54, 1.807) is 0 Å². The monoisotopic (exact) mass is 251 g/mol. The highest BCUT2D eigenvalue weighted by Crippen LogP contribution is 1.92. The van der Waals surface area contributed by atoms with Crippen LogP contribution in [0.1, 0.15) is 0 Å². The number of amides is 1. The lowest BCUT2D eigenvalue weighted by molar-refractivity contribution is -0.125. The predicted octanol–water partition coefficient (Wildman–Crippen LogP) is -0.678. The minimum Gasteiger partial charge on any atom is -0.354 e. The first-order chi connectivity index (χ1) is 7.45. The minimum absolute atomic E-state index is 0.107. The van der Waals surface area contributed by atoms with Gasteiger partial charge in [-0.05, 0) is 0 Å². The second-order valence-corrected chi connectivity index (χ2v) is 5.16. The first kappa shape index (κ1) is 15.1. The largest absolute Gasteiger partial charge is 0.354 e. The van der Waals surface area contributed by atoms with Crippen LogP contribution in [0.4, 0.5) is 0 Å². The molecule has 0 fully saturated rings. The van der Waals surface area contributed by atoms with E-state index in [4.69, 9.17) is 9.47 Å². The van der Waals surface area contributed by atoms with Gasteiger partial charge in [0.05, 0.1) is 12.3 Å². The van der Waals surface area contributed by atoms with Gasteiger partial charge in [-0.25, -0.2) is 8.42 Å². The van der Waals surface area contributed by atoms with Gasteiger partial charge in [0.15, 0.2) is 16.1 Å². The number of sulfone groups is 1. The Morgan fingerprint density at radius 1 is 1.44 bits per heavy atom. The Kier molecular flexibility index (Phi) is 6.95. The van der Waals surface area contributed by atoms with Crippen molar-refractivity contribution in [1.82, 2.24) is 5.32 Å². The van der Waals surface area contributed by atoms with Gasteiger partial charge in [0, 0.05) is 14.2 Å². The fraction of sp³-hybridized carbons (Fsp3) is 0.667. The van der Waals surface area contributed by atoms with Crippen LogP contribution in [0.5, 0.6) is 0 Å². The number of carbonyl (C=O) groups is 1. The highest BCUT2D eigenvalue weighted by molar-refractivity contribution is 7.92. The molecule has 0 unspecified atom stereocenters. The third kappa shape index (κ3) is 6.54. The summed E-state index contributed by atoms with van der Waals surface area (Å²) in [4.78, 5) is 11.2. The third-order valence-electron chi connectivity index (χ3n) is 1.71. The minimum atomic E-state index is -3.40. The standard InChI is InChI=1S/C9H17NO5S/c1-4-5-16(12,13)7-8(11)10-6-9(14-2)15-3/h4,9H,1,5-7H2,2-3H3,(H,10,11). The van der Waals surface area contributed by atoms with E-state index >= 15 is 0 Å². The molecular formula is C9H17NO5S. The second kappa shape index (κ2) is 7.37. The van der Waals surface area contributed by atoms with Crippen LogP contribution >= 0.6 is 0 Å². The first-order valence-corrected chi connectivity index (χ1v) is 6.41. The Morgan fingerprint density at radius 3 is 2.44 bits per heavy atom. The summed E-state index contributed by atoms with van der Waals surface area (Å²) in [6, 6.07) is 0. The van der Waals surface area contributed by atoms with E-state index in [2.05, 4.69) is 11.9 Å². The van der Waals surface area contributed by atoms with Crippen molar-refractivity contribution in [1.29, 1.82) is 0 Å². The molecule has 0 bridgehead atoms.